The topological polar surface area (TPSA) is 99.9 Å². The Labute approximate surface area is 175 Å². The normalized spacial score (nSPS) is 14.0. The number of rotatable bonds is 6. The van der Waals surface area contributed by atoms with Crippen molar-refractivity contribution < 1.29 is 23.8 Å². The summed E-state index contributed by atoms with van der Waals surface area (Å²) in [4.78, 5) is 24.1. The number of anilines is 1. The van der Waals surface area contributed by atoms with E-state index in [0.29, 0.717) is 34.1 Å². The van der Waals surface area contributed by atoms with Crippen LogP contribution in [-0.4, -0.2) is 31.6 Å². The number of methoxy groups -OCH3 is 2. The quantitative estimate of drug-likeness (QED) is 0.549. The van der Waals surface area contributed by atoms with Crippen molar-refractivity contribution in [3.8, 4) is 17.2 Å². The number of primary amides is 1. The van der Waals surface area contributed by atoms with Gasteiger partial charge in [-0.1, -0.05) is 12.1 Å². The number of fused-ring (bicyclic) bond motifs is 1. The summed E-state index contributed by atoms with van der Waals surface area (Å²) in [6, 6.07) is 7.84. The SMILES string of the molecule is COc1ccc(/C=C/C(=O)c2ccc(OC)c3c2OC(C)(C)C=C3)cc1NC(N)=O. The average molecular weight is 408 g/mol. The van der Waals surface area contributed by atoms with E-state index in [1.54, 1.807) is 43.5 Å². The van der Waals surface area contributed by atoms with Crippen LogP contribution in [0, 0.1) is 0 Å². The number of hydrogen-bond acceptors (Lipinski definition) is 5. The number of carbonyl (C=O) groups is 2. The number of nitrogens with one attached hydrogen (secondary N) is 1. The van der Waals surface area contributed by atoms with Crippen LogP contribution in [0.15, 0.2) is 42.5 Å². The standard InChI is InChI=1S/C23H24N2O5/c1-23(2)12-11-16-19(28-3)10-7-15(21(16)30-23)18(26)8-5-14-6-9-20(29-4)17(13-14)25-22(24)27/h5-13H,1-4H3,(H3,24,25,27)/b8-5+. The number of benzene rings is 2. The van der Waals surface area contributed by atoms with Gasteiger partial charge in [0.2, 0.25) is 0 Å². The van der Waals surface area contributed by atoms with Crippen molar-refractivity contribution >= 4 is 29.7 Å². The molecule has 2 aromatic rings. The van der Waals surface area contributed by atoms with Gasteiger partial charge in [0.1, 0.15) is 22.8 Å². The van der Waals surface area contributed by atoms with Gasteiger partial charge in [-0.25, -0.2) is 4.79 Å². The molecule has 0 spiro atoms. The fourth-order valence-electron chi connectivity index (χ4n) is 3.12. The second-order valence-electron chi connectivity index (χ2n) is 7.24. The van der Waals surface area contributed by atoms with E-state index in [1.807, 2.05) is 26.0 Å². The summed E-state index contributed by atoms with van der Waals surface area (Å²) >= 11 is 0. The highest BCUT2D eigenvalue weighted by atomic mass is 16.5. The monoisotopic (exact) mass is 408 g/mol. The van der Waals surface area contributed by atoms with E-state index in [2.05, 4.69) is 5.32 Å². The van der Waals surface area contributed by atoms with Crippen molar-refractivity contribution in [2.24, 2.45) is 5.73 Å². The lowest BCUT2D eigenvalue weighted by Crippen LogP contribution is -2.28. The largest absolute Gasteiger partial charge is 0.496 e. The van der Waals surface area contributed by atoms with Crippen molar-refractivity contribution in [2.45, 2.75) is 19.4 Å². The van der Waals surface area contributed by atoms with Crippen LogP contribution < -0.4 is 25.3 Å². The maximum atomic E-state index is 12.9. The number of allylic oxidation sites excluding steroid dienone is 1. The van der Waals surface area contributed by atoms with Crippen LogP contribution in [0.1, 0.15) is 35.3 Å². The minimum atomic E-state index is -0.705. The van der Waals surface area contributed by atoms with Crippen LogP contribution in [-0.2, 0) is 0 Å². The number of ether oxygens (including phenoxy) is 3. The molecule has 1 heterocycles. The smallest absolute Gasteiger partial charge is 0.316 e. The minimum absolute atomic E-state index is 0.222. The van der Waals surface area contributed by atoms with Gasteiger partial charge in [0, 0.05) is 0 Å². The molecule has 156 valence electrons. The van der Waals surface area contributed by atoms with E-state index in [1.165, 1.54) is 13.2 Å². The first kappa shape index (κ1) is 21.0. The number of hydrogen-bond donors (Lipinski definition) is 2. The van der Waals surface area contributed by atoms with Gasteiger partial charge >= 0.3 is 6.03 Å². The summed E-state index contributed by atoms with van der Waals surface area (Å²) < 4.78 is 16.7. The van der Waals surface area contributed by atoms with Crippen LogP contribution in [0.5, 0.6) is 17.2 Å². The number of ketones is 1. The molecule has 0 fully saturated rings. The van der Waals surface area contributed by atoms with E-state index < -0.39 is 11.6 Å². The van der Waals surface area contributed by atoms with Crippen molar-refractivity contribution in [3.63, 3.8) is 0 Å². The first-order valence-electron chi connectivity index (χ1n) is 9.30. The maximum Gasteiger partial charge on any atom is 0.316 e. The van der Waals surface area contributed by atoms with Gasteiger partial charge in [-0.2, -0.15) is 0 Å². The molecule has 7 heteroatoms. The molecule has 0 aromatic heterocycles. The Kier molecular flexibility index (Phi) is 5.82. The lowest BCUT2D eigenvalue weighted by Gasteiger charge is -2.29. The van der Waals surface area contributed by atoms with E-state index in [-0.39, 0.29) is 5.78 Å². The Bertz CT molecular complexity index is 1050. The number of carbonyl (C=O) groups excluding carboxylic acids is 2. The highest BCUT2D eigenvalue weighted by molar-refractivity contribution is 6.09. The molecule has 2 amide bonds. The van der Waals surface area contributed by atoms with Gasteiger partial charge < -0.3 is 25.3 Å². The number of amides is 2. The molecule has 0 saturated carbocycles. The zero-order valence-corrected chi connectivity index (χ0v) is 17.3. The van der Waals surface area contributed by atoms with Crippen LogP contribution in [0.25, 0.3) is 12.2 Å². The first-order chi connectivity index (χ1) is 14.2. The molecular formula is C23H24N2O5. The van der Waals surface area contributed by atoms with Crippen LogP contribution in [0.4, 0.5) is 10.5 Å². The van der Waals surface area contributed by atoms with Crippen LogP contribution in [0.3, 0.4) is 0 Å². The molecule has 0 saturated heterocycles. The molecule has 1 aliphatic heterocycles. The molecule has 0 atom stereocenters. The molecular weight excluding hydrogens is 384 g/mol. The Morgan fingerprint density at radius 3 is 2.47 bits per heavy atom. The second kappa shape index (κ2) is 8.32. The van der Waals surface area contributed by atoms with Crippen molar-refractivity contribution in [1.82, 2.24) is 0 Å². The van der Waals surface area contributed by atoms with Crippen molar-refractivity contribution in [2.75, 3.05) is 19.5 Å². The summed E-state index contributed by atoms with van der Waals surface area (Å²) in [7, 11) is 3.06. The summed E-state index contributed by atoms with van der Waals surface area (Å²) in [5, 5.41) is 2.50. The predicted molar refractivity (Wildman–Crippen MR) is 116 cm³/mol. The molecule has 7 nitrogen and oxygen atoms in total. The van der Waals surface area contributed by atoms with Crippen molar-refractivity contribution in [3.05, 3.63) is 59.2 Å². The zero-order chi connectivity index (χ0) is 21.9. The van der Waals surface area contributed by atoms with Gasteiger partial charge in [0.25, 0.3) is 0 Å². The number of nitrogens with two attached hydrogens (primary N) is 1. The summed E-state index contributed by atoms with van der Waals surface area (Å²) in [6.07, 6.45) is 6.93. The Balaban J connectivity index is 1.93. The van der Waals surface area contributed by atoms with E-state index in [0.717, 1.165) is 5.56 Å². The first-order valence-corrected chi connectivity index (χ1v) is 9.30. The molecule has 0 unspecified atom stereocenters. The molecule has 0 aliphatic carbocycles. The molecule has 1 aliphatic rings. The van der Waals surface area contributed by atoms with Crippen LogP contribution in [0.2, 0.25) is 0 Å². The second-order valence-corrected chi connectivity index (χ2v) is 7.24. The lowest BCUT2D eigenvalue weighted by atomic mass is 9.97. The van der Waals surface area contributed by atoms with E-state index in [4.69, 9.17) is 19.9 Å². The minimum Gasteiger partial charge on any atom is -0.496 e. The average Bonchev–Trinajstić information content (AvgIpc) is 2.70. The van der Waals surface area contributed by atoms with Crippen LogP contribution >= 0.6 is 0 Å². The van der Waals surface area contributed by atoms with Gasteiger partial charge in [0.05, 0.1) is 31.0 Å². The van der Waals surface area contributed by atoms with E-state index >= 15 is 0 Å². The molecule has 0 bridgehead atoms. The Morgan fingerprint density at radius 1 is 1.10 bits per heavy atom. The third-order valence-corrected chi connectivity index (χ3v) is 4.57. The predicted octanol–water partition coefficient (Wildman–Crippen LogP) is 4.27. The van der Waals surface area contributed by atoms with Gasteiger partial charge in [-0.15, -0.1) is 0 Å². The zero-order valence-electron chi connectivity index (χ0n) is 17.3. The fourth-order valence-corrected chi connectivity index (χ4v) is 3.12. The summed E-state index contributed by atoms with van der Waals surface area (Å²) in [6.45, 7) is 3.83. The highest BCUT2D eigenvalue weighted by Gasteiger charge is 2.27. The molecule has 3 N–H and O–H groups in total. The molecule has 3 rings (SSSR count). The van der Waals surface area contributed by atoms with E-state index in [9.17, 15) is 9.59 Å². The third-order valence-electron chi connectivity index (χ3n) is 4.57. The highest BCUT2D eigenvalue weighted by Crippen LogP contribution is 2.40. The number of urea groups is 1. The molecule has 0 radical (unpaired) electrons. The lowest BCUT2D eigenvalue weighted by molar-refractivity contribution is 0.103. The Morgan fingerprint density at radius 2 is 1.80 bits per heavy atom. The Hall–Kier alpha value is -3.74. The van der Waals surface area contributed by atoms with Gasteiger partial charge in [0.15, 0.2) is 5.78 Å². The third kappa shape index (κ3) is 4.46. The summed E-state index contributed by atoms with van der Waals surface area (Å²) in [5.41, 5.74) is 6.93. The van der Waals surface area contributed by atoms with Crippen molar-refractivity contribution in [1.29, 1.82) is 0 Å². The fraction of sp³-hybridized carbons (Fsp3) is 0.217. The molecule has 30 heavy (non-hydrogen) atoms. The van der Waals surface area contributed by atoms with Gasteiger partial charge in [-0.05, 0) is 61.9 Å². The molecule has 2 aromatic carbocycles. The maximum absolute atomic E-state index is 12.9. The van der Waals surface area contributed by atoms with Gasteiger partial charge in [-0.3, -0.25) is 4.79 Å². The summed E-state index contributed by atoms with van der Waals surface area (Å²) in [5.74, 6) is 1.36.